The second kappa shape index (κ2) is 13.2. The van der Waals surface area contributed by atoms with Crippen LogP contribution in [0.5, 0.6) is 5.88 Å². The smallest absolute Gasteiger partial charge is 0.213 e. The van der Waals surface area contributed by atoms with E-state index in [2.05, 4.69) is 30.8 Å². The number of pyridine rings is 1. The van der Waals surface area contributed by atoms with Crippen molar-refractivity contribution in [2.45, 2.75) is 25.9 Å². The molecule has 2 aromatic heterocycles. The number of halogens is 2. The van der Waals surface area contributed by atoms with Crippen molar-refractivity contribution in [1.82, 2.24) is 19.4 Å². The maximum Gasteiger partial charge on any atom is 0.213 e. The Kier molecular flexibility index (Phi) is 9.55. The van der Waals surface area contributed by atoms with Crippen LogP contribution >= 0.6 is 35.4 Å². The summed E-state index contributed by atoms with van der Waals surface area (Å²) in [5.41, 5.74) is 4.53. The van der Waals surface area contributed by atoms with E-state index >= 15 is 0 Å². The van der Waals surface area contributed by atoms with Gasteiger partial charge in [-0.2, -0.15) is 5.26 Å². The Balaban J connectivity index is 1.44. The second-order valence-corrected chi connectivity index (χ2v) is 9.75. The van der Waals surface area contributed by atoms with E-state index in [1.165, 1.54) is 0 Å². The van der Waals surface area contributed by atoms with Crippen molar-refractivity contribution in [2.24, 2.45) is 0 Å². The van der Waals surface area contributed by atoms with E-state index in [0.717, 1.165) is 35.3 Å². The normalized spacial score (nSPS) is 10.6. The first-order valence-corrected chi connectivity index (χ1v) is 13.1. The number of hydrogen-bond acceptors (Lipinski definition) is 5. The lowest BCUT2D eigenvalue weighted by atomic mass is 10.1. The molecule has 2 aromatic carbocycles. The predicted octanol–water partition coefficient (Wildman–Crippen LogP) is 6.35. The molecule has 0 aliphatic carbocycles. The second-order valence-electron chi connectivity index (χ2n) is 8.58. The van der Waals surface area contributed by atoms with Gasteiger partial charge < -0.3 is 19.5 Å². The molecule has 38 heavy (non-hydrogen) atoms. The van der Waals surface area contributed by atoms with Crippen LogP contribution in [0.25, 0.3) is 0 Å². The van der Waals surface area contributed by atoms with Gasteiger partial charge in [-0.3, -0.25) is 0 Å². The van der Waals surface area contributed by atoms with E-state index in [4.69, 9.17) is 45.4 Å². The van der Waals surface area contributed by atoms with Crippen LogP contribution in [-0.4, -0.2) is 38.2 Å². The molecule has 1 N–H and O–H groups in total. The number of thiocarbonyl (C=S) groups is 1. The van der Waals surface area contributed by atoms with Gasteiger partial charge in [0.2, 0.25) is 5.88 Å². The predicted molar refractivity (Wildman–Crippen MR) is 155 cm³/mol. The third-order valence-electron chi connectivity index (χ3n) is 5.97. The lowest BCUT2D eigenvalue weighted by Gasteiger charge is -2.26. The van der Waals surface area contributed by atoms with Gasteiger partial charge in [0.25, 0.3) is 0 Å². The molecule has 0 aliphatic rings. The summed E-state index contributed by atoms with van der Waals surface area (Å²) in [6.45, 7) is 1.87. The van der Waals surface area contributed by atoms with Crippen LogP contribution in [0.15, 0.2) is 73.3 Å². The minimum Gasteiger partial charge on any atom is -0.481 e. The van der Waals surface area contributed by atoms with Crippen LogP contribution in [0.3, 0.4) is 0 Å². The van der Waals surface area contributed by atoms with Gasteiger partial charge in [-0.1, -0.05) is 47.5 Å². The molecular weight excluding hydrogens is 539 g/mol. The number of aromatic nitrogens is 3. The van der Waals surface area contributed by atoms with Crippen LogP contribution in [0.4, 0.5) is 5.69 Å². The SMILES string of the molecule is COc1ccc(NC(=S)N(CCCc2cncn2Cc2ccc(C#N)cc2)Cc2cccc(Cl)c2Cl)cn1. The van der Waals surface area contributed by atoms with Gasteiger partial charge in [-0.15, -0.1) is 0 Å². The zero-order chi connectivity index (χ0) is 26.9. The van der Waals surface area contributed by atoms with Gasteiger partial charge in [-0.25, -0.2) is 9.97 Å². The van der Waals surface area contributed by atoms with Crippen molar-refractivity contribution < 1.29 is 4.74 Å². The molecule has 0 saturated carbocycles. The van der Waals surface area contributed by atoms with E-state index in [9.17, 15) is 0 Å². The summed E-state index contributed by atoms with van der Waals surface area (Å²) < 4.78 is 7.27. The van der Waals surface area contributed by atoms with E-state index in [0.29, 0.717) is 46.2 Å². The summed E-state index contributed by atoms with van der Waals surface area (Å²) in [7, 11) is 1.58. The van der Waals surface area contributed by atoms with E-state index in [-0.39, 0.29) is 0 Å². The van der Waals surface area contributed by atoms with Crippen LogP contribution in [-0.2, 0) is 19.5 Å². The van der Waals surface area contributed by atoms with Gasteiger partial charge in [0.05, 0.1) is 47.0 Å². The first kappa shape index (κ1) is 27.4. The standard InChI is InChI=1S/C28H26Cl2N6OS/c1-37-26-12-11-23(15-33-26)34-28(38)35(18-22-4-2-6-25(29)27(22)30)13-3-5-24-16-32-19-36(24)17-21-9-7-20(14-31)8-10-21/h2,4,6-12,15-16,19H,3,5,13,17-18H2,1H3,(H,34,38). The Morgan fingerprint density at radius 2 is 1.95 bits per heavy atom. The summed E-state index contributed by atoms with van der Waals surface area (Å²) >= 11 is 18.5. The number of rotatable bonds is 10. The number of imidazole rings is 1. The molecule has 10 heteroatoms. The average Bonchev–Trinajstić information content (AvgIpc) is 3.38. The van der Waals surface area contributed by atoms with Crippen LogP contribution in [0, 0.1) is 11.3 Å². The first-order valence-electron chi connectivity index (χ1n) is 11.9. The Hall–Kier alpha value is -3.64. The molecule has 0 saturated heterocycles. The zero-order valence-electron chi connectivity index (χ0n) is 20.8. The number of nitriles is 1. The summed E-state index contributed by atoms with van der Waals surface area (Å²) in [4.78, 5) is 10.7. The third kappa shape index (κ3) is 7.23. The Bertz CT molecular complexity index is 1420. The number of hydrogen-bond donors (Lipinski definition) is 1. The molecule has 4 aromatic rings. The van der Waals surface area contributed by atoms with Crippen molar-refractivity contribution in [2.75, 3.05) is 19.0 Å². The van der Waals surface area contributed by atoms with E-state index in [1.807, 2.05) is 55.0 Å². The number of nitrogens with one attached hydrogen (secondary N) is 1. The van der Waals surface area contributed by atoms with Crippen molar-refractivity contribution in [3.8, 4) is 11.9 Å². The highest BCUT2D eigenvalue weighted by atomic mass is 35.5. The maximum atomic E-state index is 9.03. The molecule has 0 fully saturated rings. The maximum absolute atomic E-state index is 9.03. The van der Waals surface area contributed by atoms with Crippen molar-refractivity contribution in [3.05, 3.63) is 106 Å². The number of nitrogens with zero attached hydrogens (tertiary/aromatic N) is 5. The topological polar surface area (TPSA) is 79.0 Å². The zero-order valence-corrected chi connectivity index (χ0v) is 23.1. The van der Waals surface area contributed by atoms with Gasteiger partial charge in [-0.05, 0) is 60.5 Å². The summed E-state index contributed by atoms with van der Waals surface area (Å²) in [5.74, 6) is 0.529. The summed E-state index contributed by atoms with van der Waals surface area (Å²) in [6.07, 6.45) is 7.04. The molecule has 4 rings (SSSR count). The Morgan fingerprint density at radius 1 is 1.13 bits per heavy atom. The molecule has 0 radical (unpaired) electrons. The number of aryl methyl sites for hydroxylation is 1. The monoisotopic (exact) mass is 564 g/mol. The van der Waals surface area contributed by atoms with Crippen LogP contribution in [0.1, 0.15) is 28.8 Å². The van der Waals surface area contributed by atoms with Crippen molar-refractivity contribution in [3.63, 3.8) is 0 Å². The Labute approximate surface area is 237 Å². The molecule has 0 atom stereocenters. The van der Waals surface area contributed by atoms with Gasteiger partial charge in [0, 0.05) is 37.6 Å². The fourth-order valence-electron chi connectivity index (χ4n) is 3.94. The van der Waals surface area contributed by atoms with Crippen molar-refractivity contribution >= 4 is 46.2 Å². The van der Waals surface area contributed by atoms with Crippen molar-refractivity contribution in [1.29, 1.82) is 5.26 Å². The van der Waals surface area contributed by atoms with Crippen LogP contribution < -0.4 is 10.1 Å². The highest BCUT2D eigenvalue weighted by Gasteiger charge is 2.15. The fourth-order valence-corrected chi connectivity index (χ4v) is 4.59. The molecule has 0 amide bonds. The molecule has 2 heterocycles. The third-order valence-corrected chi connectivity index (χ3v) is 7.19. The molecular formula is C28H26Cl2N6OS. The summed E-state index contributed by atoms with van der Waals surface area (Å²) in [5, 5.41) is 13.9. The number of ether oxygens (including phenoxy) is 1. The van der Waals surface area contributed by atoms with E-state index in [1.54, 1.807) is 25.4 Å². The minimum absolute atomic E-state index is 0.499. The fraction of sp³-hybridized carbons (Fsp3) is 0.214. The van der Waals surface area contributed by atoms with Gasteiger partial charge in [0.15, 0.2) is 5.11 Å². The largest absolute Gasteiger partial charge is 0.481 e. The summed E-state index contributed by atoms with van der Waals surface area (Å²) in [6, 6.07) is 19.0. The highest BCUT2D eigenvalue weighted by molar-refractivity contribution is 7.80. The quantitative estimate of drug-likeness (QED) is 0.225. The lowest BCUT2D eigenvalue weighted by Crippen LogP contribution is -2.35. The minimum atomic E-state index is 0.499. The molecule has 0 aliphatic heterocycles. The lowest BCUT2D eigenvalue weighted by molar-refractivity contribution is 0.398. The van der Waals surface area contributed by atoms with Crippen LogP contribution in [0.2, 0.25) is 10.0 Å². The molecule has 0 spiro atoms. The molecule has 7 nitrogen and oxygen atoms in total. The first-order chi connectivity index (χ1) is 18.5. The number of anilines is 1. The molecule has 194 valence electrons. The highest BCUT2D eigenvalue weighted by Crippen LogP contribution is 2.27. The van der Waals surface area contributed by atoms with Gasteiger partial charge in [0.1, 0.15) is 0 Å². The average molecular weight is 566 g/mol. The molecule has 0 bridgehead atoms. The Morgan fingerprint density at radius 3 is 2.66 bits per heavy atom. The number of benzene rings is 2. The van der Waals surface area contributed by atoms with Gasteiger partial charge >= 0.3 is 0 Å². The van der Waals surface area contributed by atoms with E-state index < -0.39 is 0 Å². The number of methoxy groups -OCH3 is 1. The molecule has 0 unspecified atom stereocenters.